The number of nitrogens with zero attached hydrogens (tertiary/aromatic N) is 2. The van der Waals surface area contributed by atoms with Crippen LogP contribution < -0.4 is 5.32 Å². The second-order valence-corrected chi connectivity index (χ2v) is 7.00. The molecule has 2 aromatic carbocycles. The van der Waals surface area contributed by atoms with E-state index in [2.05, 4.69) is 21.2 Å². The predicted molar refractivity (Wildman–Crippen MR) is 112 cm³/mol. The third kappa shape index (κ3) is 4.78. The third-order valence-electron chi connectivity index (χ3n) is 4.09. The van der Waals surface area contributed by atoms with E-state index >= 15 is 0 Å². The van der Waals surface area contributed by atoms with E-state index in [9.17, 15) is 20.2 Å². The van der Waals surface area contributed by atoms with E-state index in [-0.39, 0.29) is 16.9 Å². The minimum absolute atomic E-state index is 0.154. The van der Waals surface area contributed by atoms with Gasteiger partial charge in [0.2, 0.25) is 0 Å². The molecule has 0 bridgehead atoms. The van der Waals surface area contributed by atoms with E-state index < -0.39 is 10.8 Å². The van der Waals surface area contributed by atoms with Crippen LogP contribution in [0.3, 0.4) is 0 Å². The number of hydrogen-bond acceptors (Lipinski definition) is 5. The van der Waals surface area contributed by atoms with E-state index in [1.807, 2.05) is 30.3 Å². The monoisotopic (exact) mass is 451 g/mol. The summed E-state index contributed by atoms with van der Waals surface area (Å²) in [7, 11) is 0. The number of nitro groups is 1. The standard InChI is InChI=1S/C21H14BrN3O4/c1-13-2-7-17(25(27)28)11-19(13)24-21(26)15(12-23)10-18-8-9-20(29-18)14-3-5-16(22)6-4-14/h2-11H,1H3,(H,24,26)/b15-10+. The number of hydrogen-bond donors (Lipinski definition) is 1. The fraction of sp³-hybridized carbons (Fsp3) is 0.0476. The number of aryl methyl sites for hydroxylation is 1. The minimum atomic E-state index is -0.683. The number of nitriles is 1. The molecule has 0 unspecified atom stereocenters. The van der Waals surface area contributed by atoms with Gasteiger partial charge in [-0.15, -0.1) is 0 Å². The molecule has 0 radical (unpaired) electrons. The van der Waals surface area contributed by atoms with Gasteiger partial charge in [0, 0.05) is 28.2 Å². The van der Waals surface area contributed by atoms with Crippen LogP contribution in [0.2, 0.25) is 0 Å². The number of furan rings is 1. The zero-order chi connectivity index (χ0) is 21.0. The normalized spacial score (nSPS) is 11.0. The third-order valence-corrected chi connectivity index (χ3v) is 4.62. The number of carbonyl (C=O) groups is 1. The van der Waals surface area contributed by atoms with E-state index in [1.165, 1.54) is 24.3 Å². The molecule has 0 aliphatic carbocycles. The first-order chi connectivity index (χ1) is 13.9. The molecule has 0 saturated heterocycles. The number of amides is 1. The summed E-state index contributed by atoms with van der Waals surface area (Å²) in [4.78, 5) is 22.9. The Morgan fingerprint density at radius 1 is 1.21 bits per heavy atom. The molecule has 1 aromatic heterocycles. The molecule has 0 aliphatic heterocycles. The first-order valence-electron chi connectivity index (χ1n) is 8.41. The maximum Gasteiger partial charge on any atom is 0.271 e. The maximum atomic E-state index is 12.5. The number of anilines is 1. The molecule has 0 spiro atoms. The molecule has 0 aliphatic rings. The Morgan fingerprint density at radius 2 is 1.93 bits per heavy atom. The number of carbonyl (C=O) groups excluding carboxylic acids is 1. The van der Waals surface area contributed by atoms with Gasteiger partial charge in [-0.1, -0.05) is 34.1 Å². The summed E-state index contributed by atoms with van der Waals surface area (Å²) in [5.41, 5.74) is 1.41. The Labute approximate surface area is 174 Å². The van der Waals surface area contributed by atoms with Crippen molar-refractivity contribution in [1.82, 2.24) is 0 Å². The first kappa shape index (κ1) is 20.0. The van der Waals surface area contributed by atoms with Crippen molar-refractivity contribution in [2.75, 3.05) is 5.32 Å². The molecule has 1 amide bonds. The fourth-order valence-corrected chi connectivity index (χ4v) is 2.80. The lowest BCUT2D eigenvalue weighted by atomic mass is 10.1. The number of halogens is 1. The highest BCUT2D eigenvalue weighted by atomic mass is 79.9. The maximum absolute atomic E-state index is 12.5. The molecule has 8 heteroatoms. The van der Waals surface area contributed by atoms with Crippen LogP contribution in [0.1, 0.15) is 11.3 Å². The highest BCUT2D eigenvalue weighted by molar-refractivity contribution is 9.10. The Kier molecular flexibility index (Phi) is 5.90. The van der Waals surface area contributed by atoms with Crippen LogP contribution >= 0.6 is 15.9 Å². The van der Waals surface area contributed by atoms with Gasteiger partial charge in [-0.3, -0.25) is 14.9 Å². The van der Waals surface area contributed by atoms with Crippen molar-refractivity contribution in [3.63, 3.8) is 0 Å². The van der Waals surface area contributed by atoms with Gasteiger partial charge >= 0.3 is 0 Å². The number of nitro benzene ring substituents is 1. The lowest BCUT2D eigenvalue weighted by Gasteiger charge is -2.07. The van der Waals surface area contributed by atoms with E-state index in [4.69, 9.17) is 4.42 Å². The van der Waals surface area contributed by atoms with Gasteiger partial charge in [-0.2, -0.15) is 5.26 Å². The molecule has 0 saturated carbocycles. The Hall–Kier alpha value is -3.70. The van der Waals surface area contributed by atoms with Crippen LogP contribution in [-0.4, -0.2) is 10.8 Å². The van der Waals surface area contributed by atoms with Crippen molar-refractivity contribution in [3.8, 4) is 17.4 Å². The topological polar surface area (TPSA) is 109 Å². The van der Waals surface area contributed by atoms with Crippen LogP contribution in [-0.2, 0) is 4.79 Å². The van der Waals surface area contributed by atoms with Crippen LogP contribution in [0.4, 0.5) is 11.4 Å². The minimum Gasteiger partial charge on any atom is -0.457 e. The quantitative estimate of drug-likeness (QED) is 0.239. The Morgan fingerprint density at radius 3 is 2.59 bits per heavy atom. The highest BCUT2D eigenvalue weighted by Crippen LogP contribution is 2.26. The summed E-state index contributed by atoms with van der Waals surface area (Å²) in [6, 6.07) is 16.9. The molecular formula is C21H14BrN3O4. The average Bonchev–Trinajstić information content (AvgIpc) is 3.16. The van der Waals surface area contributed by atoms with Crippen molar-refractivity contribution in [2.45, 2.75) is 6.92 Å². The molecule has 0 fully saturated rings. The number of rotatable bonds is 5. The van der Waals surface area contributed by atoms with Gasteiger partial charge in [-0.05, 0) is 36.8 Å². The van der Waals surface area contributed by atoms with Crippen LogP contribution in [0, 0.1) is 28.4 Å². The lowest BCUT2D eigenvalue weighted by Crippen LogP contribution is -2.14. The largest absolute Gasteiger partial charge is 0.457 e. The molecule has 0 atom stereocenters. The Balaban J connectivity index is 1.83. The van der Waals surface area contributed by atoms with E-state index in [0.717, 1.165) is 10.0 Å². The zero-order valence-corrected chi connectivity index (χ0v) is 16.8. The molecule has 1 heterocycles. The SMILES string of the molecule is Cc1ccc([N+](=O)[O-])cc1NC(=O)/C(C#N)=C/c1ccc(-c2ccc(Br)cc2)o1. The van der Waals surface area contributed by atoms with Crippen LogP contribution in [0.5, 0.6) is 0 Å². The van der Waals surface area contributed by atoms with Crippen molar-refractivity contribution in [2.24, 2.45) is 0 Å². The predicted octanol–water partition coefficient (Wildman–Crippen LogP) is 5.47. The highest BCUT2D eigenvalue weighted by Gasteiger charge is 2.15. The van der Waals surface area contributed by atoms with E-state index in [0.29, 0.717) is 17.1 Å². The molecule has 29 heavy (non-hydrogen) atoms. The lowest BCUT2D eigenvalue weighted by molar-refractivity contribution is -0.384. The molecule has 7 nitrogen and oxygen atoms in total. The van der Waals surface area contributed by atoms with Gasteiger partial charge < -0.3 is 9.73 Å². The summed E-state index contributed by atoms with van der Waals surface area (Å²) in [5, 5.41) is 22.8. The van der Waals surface area contributed by atoms with Gasteiger partial charge in [0.25, 0.3) is 11.6 Å². The van der Waals surface area contributed by atoms with Crippen molar-refractivity contribution in [1.29, 1.82) is 5.26 Å². The van der Waals surface area contributed by atoms with Crippen LogP contribution in [0.15, 0.2) is 69.1 Å². The summed E-state index contributed by atoms with van der Waals surface area (Å²) < 4.78 is 6.64. The summed E-state index contributed by atoms with van der Waals surface area (Å²) in [6.07, 6.45) is 1.32. The van der Waals surface area contributed by atoms with Crippen LogP contribution in [0.25, 0.3) is 17.4 Å². The summed E-state index contributed by atoms with van der Waals surface area (Å²) >= 11 is 3.37. The zero-order valence-electron chi connectivity index (χ0n) is 15.2. The van der Waals surface area contributed by atoms with Gasteiger partial charge in [0.05, 0.1) is 10.6 Å². The van der Waals surface area contributed by atoms with Crippen molar-refractivity contribution < 1.29 is 14.1 Å². The van der Waals surface area contributed by atoms with Crippen molar-refractivity contribution >= 4 is 39.3 Å². The smallest absolute Gasteiger partial charge is 0.271 e. The second kappa shape index (κ2) is 8.54. The summed E-state index contributed by atoms with van der Waals surface area (Å²) in [6.45, 7) is 1.70. The number of non-ortho nitro benzene ring substituents is 1. The number of nitrogens with one attached hydrogen (secondary N) is 1. The average molecular weight is 452 g/mol. The van der Waals surface area contributed by atoms with Crippen molar-refractivity contribution in [3.05, 3.63) is 86.1 Å². The van der Waals surface area contributed by atoms with Gasteiger partial charge in [0.1, 0.15) is 23.2 Å². The molecular weight excluding hydrogens is 438 g/mol. The molecule has 1 N–H and O–H groups in total. The summed E-state index contributed by atoms with van der Waals surface area (Å²) in [5.74, 6) is 0.249. The molecule has 3 aromatic rings. The molecule has 3 rings (SSSR count). The van der Waals surface area contributed by atoms with E-state index in [1.54, 1.807) is 19.1 Å². The fourth-order valence-electron chi connectivity index (χ4n) is 2.54. The first-order valence-corrected chi connectivity index (χ1v) is 9.20. The van der Waals surface area contributed by atoms with Gasteiger partial charge in [-0.25, -0.2) is 0 Å². The second-order valence-electron chi connectivity index (χ2n) is 6.09. The number of benzene rings is 2. The molecule has 144 valence electrons. The Bertz CT molecular complexity index is 1160. The van der Waals surface area contributed by atoms with Gasteiger partial charge in [0.15, 0.2) is 0 Å².